The lowest BCUT2D eigenvalue weighted by atomic mass is 9.98. The van der Waals surface area contributed by atoms with Crippen LogP contribution in [0.2, 0.25) is 0 Å². The smallest absolute Gasteiger partial charge is 0.354 e. The number of pyridine rings is 1. The van der Waals surface area contributed by atoms with Crippen molar-refractivity contribution in [3.63, 3.8) is 0 Å². The SMILES string of the molecule is O=C(Nc1cccc(COC2CCCCC2)c1)c1ccc(C(=O)O)nc1. The zero-order chi connectivity index (χ0) is 18.4. The van der Waals surface area contributed by atoms with Crippen LogP contribution < -0.4 is 5.32 Å². The average molecular weight is 354 g/mol. The van der Waals surface area contributed by atoms with E-state index in [0.29, 0.717) is 24.0 Å². The number of carboxylic acid groups (broad SMARTS) is 1. The maximum Gasteiger partial charge on any atom is 0.354 e. The molecule has 1 aromatic heterocycles. The number of carboxylic acids is 1. The van der Waals surface area contributed by atoms with E-state index in [1.807, 2.05) is 18.2 Å². The van der Waals surface area contributed by atoms with Gasteiger partial charge in [-0.25, -0.2) is 9.78 Å². The van der Waals surface area contributed by atoms with E-state index in [9.17, 15) is 9.59 Å². The molecule has 2 aromatic rings. The Kier molecular flexibility index (Phi) is 5.96. The highest BCUT2D eigenvalue weighted by Crippen LogP contribution is 2.22. The quantitative estimate of drug-likeness (QED) is 0.822. The van der Waals surface area contributed by atoms with Gasteiger partial charge in [0.1, 0.15) is 5.69 Å². The first-order valence-corrected chi connectivity index (χ1v) is 8.83. The van der Waals surface area contributed by atoms with Gasteiger partial charge in [0, 0.05) is 11.9 Å². The van der Waals surface area contributed by atoms with E-state index >= 15 is 0 Å². The molecule has 0 aliphatic heterocycles. The minimum atomic E-state index is -1.12. The molecule has 1 aromatic carbocycles. The number of amides is 1. The zero-order valence-corrected chi connectivity index (χ0v) is 14.5. The van der Waals surface area contributed by atoms with Crippen molar-refractivity contribution in [3.8, 4) is 0 Å². The van der Waals surface area contributed by atoms with Crippen molar-refractivity contribution in [1.82, 2.24) is 4.98 Å². The van der Waals surface area contributed by atoms with Crippen LogP contribution in [0.15, 0.2) is 42.6 Å². The van der Waals surface area contributed by atoms with Crippen LogP contribution >= 0.6 is 0 Å². The third-order valence-corrected chi connectivity index (χ3v) is 4.47. The van der Waals surface area contributed by atoms with Gasteiger partial charge in [0.15, 0.2) is 0 Å². The summed E-state index contributed by atoms with van der Waals surface area (Å²) in [5.74, 6) is -1.46. The summed E-state index contributed by atoms with van der Waals surface area (Å²) < 4.78 is 5.97. The van der Waals surface area contributed by atoms with Gasteiger partial charge in [-0.3, -0.25) is 4.79 Å². The third-order valence-electron chi connectivity index (χ3n) is 4.47. The van der Waals surface area contributed by atoms with Crippen molar-refractivity contribution in [2.45, 2.75) is 44.8 Å². The number of carbonyl (C=O) groups excluding carboxylic acids is 1. The summed E-state index contributed by atoms with van der Waals surface area (Å²) in [4.78, 5) is 26.9. The first-order chi connectivity index (χ1) is 12.6. The molecular formula is C20H22N2O4. The van der Waals surface area contributed by atoms with Crippen LogP contribution in [0.5, 0.6) is 0 Å². The number of hydrogen-bond donors (Lipinski definition) is 2. The summed E-state index contributed by atoms with van der Waals surface area (Å²) in [6, 6.07) is 10.3. The molecule has 2 N–H and O–H groups in total. The van der Waals surface area contributed by atoms with Crippen molar-refractivity contribution < 1.29 is 19.4 Å². The highest BCUT2D eigenvalue weighted by Gasteiger charge is 2.14. The molecule has 0 radical (unpaired) electrons. The highest BCUT2D eigenvalue weighted by molar-refractivity contribution is 6.04. The summed E-state index contributed by atoms with van der Waals surface area (Å²) >= 11 is 0. The molecule has 6 nitrogen and oxygen atoms in total. The molecule has 1 amide bonds. The lowest BCUT2D eigenvalue weighted by Crippen LogP contribution is -2.16. The van der Waals surface area contributed by atoms with E-state index in [1.165, 1.54) is 37.6 Å². The third kappa shape index (κ3) is 4.89. The number of anilines is 1. The number of rotatable bonds is 6. The van der Waals surface area contributed by atoms with E-state index in [4.69, 9.17) is 9.84 Å². The van der Waals surface area contributed by atoms with Gasteiger partial charge in [-0.05, 0) is 42.7 Å². The Hall–Kier alpha value is -2.73. The van der Waals surface area contributed by atoms with E-state index in [1.54, 1.807) is 6.07 Å². The van der Waals surface area contributed by atoms with Gasteiger partial charge in [0.2, 0.25) is 0 Å². The van der Waals surface area contributed by atoms with Crippen LogP contribution in [0, 0.1) is 0 Å². The molecule has 136 valence electrons. The molecule has 1 aliphatic carbocycles. The number of benzene rings is 1. The van der Waals surface area contributed by atoms with E-state index in [0.717, 1.165) is 18.4 Å². The van der Waals surface area contributed by atoms with Crippen molar-refractivity contribution in [1.29, 1.82) is 0 Å². The van der Waals surface area contributed by atoms with Crippen LogP contribution in [0.1, 0.15) is 58.5 Å². The number of ether oxygens (including phenoxy) is 1. The molecule has 3 rings (SSSR count). The number of nitrogens with one attached hydrogen (secondary N) is 1. The summed E-state index contributed by atoms with van der Waals surface area (Å²) in [5, 5.41) is 11.7. The molecule has 0 unspecified atom stereocenters. The zero-order valence-electron chi connectivity index (χ0n) is 14.5. The van der Waals surface area contributed by atoms with Crippen molar-refractivity contribution in [2.75, 3.05) is 5.32 Å². The molecule has 0 bridgehead atoms. The fourth-order valence-electron chi connectivity index (χ4n) is 3.04. The second kappa shape index (κ2) is 8.58. The Morgan fingerprint density at radius 1 is 1.15 bits per heavy atom. The number of nitrogens with zero attached hydrogens (tertiary/aromatic N) is 1. The average Bonchev–Trinajstić information content (AvgIpc) is 2.67. The number of carbonyl (C=O) groups is 2. The minimum Gasteiger partial charge on any atom is -0.477 e. The van der Waals surface area contributed by atoms with Gasteiger partial charge < -0.3 is 15.2 Å². The highest BCUT2D eigenvalue weighted by atomic mass is 16.5. The first-order valence-electron chi connectivity index (χ1n) is 8.83. The maximum atomic E-state index is 12.3. The summed E-state index contributed by atoms with van der Waals surface area (Å²) in [6.07, 6.45) is 7.59. The van der Waals surface area contributed by atoms with Gasteiger partial charge in [0.25, 0.3) is 5.91 Å². The number of aromatic carboxylic acids is 1. The van der Waals surface area contributed by atoms with E-state index in [-0.39, 0.29) is 11.6 Å². The Balaban J connectivity index is 1.58. The first kappa shape index (κ1) is 18.1. The van der Waals surface area contributed by atoms with Crippen LogP contribution in [-0.4, -0.2) is 28.1 Å². The molecule has 6 heteroatoms. The van der Waals surface area contributed by atoms with Gasteiger partial charge in [-0.2, -0.15) is 0 Å². The molecular weight excluding hydrogens is 332 g/mol. The van der Waals surface area contributed by atoms with Gasteiger partial charge in [-0.15, -0.1) is 0 Å². The molecule has 26 heavy (non-hydrogen) atoms. The molecule has 0 saturated heterocycles. The Morgan fingerprint density at radius 2 is 1.96 bits per heavy atom. The summed E-state index contributed by atoms with van der Waals surface area (Å²) in [5.41, 5.74) is 1.89. The monoisotopic (exact) mass is 354 g/mol. The number of hydrogen-bond acceptors (Lipinski definition) is 4. The molecule has 1 fully saturated rings. The van der Waals surface area contributed by atoms with Crippen molar-refractivity contribution in [3.05, 3.63) is 59.4 Å². The predicted octanol–water partition coefficient (Wildman–Crippen LogP) is 3.88. The summed E-state index contributed by atoms with van der Waals surface area (Å²) in [6.45, 7) is 0.531. The molecule has 0 spiro atoms. The lowest BCUT2D eigenvalue weighted by Gasteiger charge is -2.22. The van der Waals surface area contributed by atoms with Gasteiger partial charge in [0.05, 0.1) is 18.3 Å². The van der Waals surface area contributed by atoms with E-state index in [2.05, 4.69) is 10.3 Å². The standard InChI is InChI=1S/C20H22N2O4/c23-19(15-9-10-18(20(24)25)21-12-15)22-16-6-4-5-14(11-16)13-26-17-7-2-1-3-8-17/h4-6,9-12,17H,1-3,7-8,13H2,(H,22,23)(H,24,25). The molecule has 1 aliphatic rings. The van der Waals surface area contributed by atoms with Crippen LogP contribution in [0.4, 0.5) is 5.69 Å². The maximum absolute atomic E-state index is 12.3. The lowest BCUT2D eigenvalue weighted by molar-refractivity contribution is 0.0169. The Bertz CT molecular complexity index is 768. The van der Waals surface area contributed by atoms with Gasteiger partial charge in [-0.1, -0.05) is 31.4 Å². The topological polar surface area (TPSA) is 88.5 Å². The van der Waals surface area contributed by atoms with Crippen molar-refractivity contribution >= 4 is 17.6 Å². The summed E-state index contributed by atoms with van der Waals surface area (Å²) in [7, 11) is 0. The minimum absolute atomic E-state index is 0.0941. The fourth-order valence-corrected chi connectivity index (χ4v) is 3.04. The predicted molar refractivity (Wildman–Crippen MR) is 97.3 cm³/mol. The molecule has 0 atom stereocenters. The number of aromatic nitrogens is 1. The van der Waals surface area contributed by atoms with Crippen LogP contribution in [0.25, 0.3) is 0 Å². The van der Waals surface area contributed by atoms with Gasteiger partial charge >= 0.3 is 5.97 Å². The Labute approximate surface area is 152 Å². The molecule has 1 heterocycles. The Morgan fingerprint density at radius 3 is 2.65 bits per heavy atom. The largest absolute Gasteiger partial charge is 0.477 e. The molecule has 1 saturated carbocycles. The van der Waals surface area contributed by atoms with Crippen LogP contribution in [-0.2, 0) is 11.3 Å². The fraction of sp³-hybridized carbons (Fsp3) is 0.350. The second-order valence-corrected chi connectivity index (χ2v) is 6.46. The normalized spacial score (nSPS) is 14.8. The van der Waals surface area contributed by atoms with Crippen LogP contribution in [0.3, 0.4) is 0 Å². The van der Waals surface area contributed by atoms with Crippen molar-refractivity contribution in [2.24, 2.45) is 0 Å². The van der Waals surface area contributed by atoms with E-state index < -0.39 is 5.97 Å². The second-order valence-electron chi connectivity index (χ2n) is 6.46.